The zero-order chi connectivity index (χ0) is 12.4. The molecule has 0 saturated heterocycles. The van der Waals surface area contributed by atoms with Crippen molar-refractivity contribution >= 4 is 27.3 Å². The van der Waals surface area contributed by atoms with Gasteiger partial charge in [-0.1, -0.05) is 28.1 Å². The highest BCUT2D eigenvalue weighted by Crippen LogP contribution is 2.37. The van der Waals surface area contributed by atoms with Gasteiger partial charge in [-0.15, -0.1) is 0 Å². The first-order valence-corrected chi connectivity index (χ1v) is 8.05. The van der Waals surface area contributed by atoms with Crippen LogP contribution >= 0.6 is 27.3 Å². The number of benzene rings is 1. The summed E-state index contributed by atoms with van der Waals surface area (Å²) in [7, 11) is 0. The number of hydrogen-bond donors (Lipinski definition) is 1. The Balaban J connectivity index is 1.47. The van der Waals surface area contributed by atoms with Crippen molar-refractivity contribution in [1.29, 1.82) is 0 Å². The van der Waals surface area contributed by atoms with Gasteiger partial charge < -0.3 is 5.32 Å². The highest BCUT2D eigenvalue weighted by molar-refractivity contribution is 9.10. The van der Waals surface area contributed by atoms with Crippen LogP contribution in [0.25, 0.3) is 0 Å². The maximum absolute atomic E-state index is 3.63. The molecule has 1 nitrogen and oxygen atoms in total. The lowest BCUT2D eigenvalue weighted by molar-refractivity contribution is 0.289. The van der Waals surface area contributed by atoms with Gasteiger partial charge in [-0.25, -0.2) is 0 Å². The third-order valence-electron chi connectivity index (χ3n) is 3.65. The molecule has 0 radical (unpaired) electrons. The Hall–Kier alpha value is -0.640. The van der Waals surface area contributed by atoms with Crippen molar-refractivity contribution < 1.29 is 0 Å². The second-order valence-electron chi connectivity index (χ2n) is 4.93. The van der Waals surface area contributed by atoms with Gasteiger partial charge in [0.25, 0.3) is 0 Å². The highest BCUT2D eigenvalue weighted by atomic mass is 79.9. The minimum absolute atomic E-state index is 0.693. The van der Waals surface area contributed by atoms with Gasteiger partial charge in [0.15, 0.2) is 0 Å². The summed E-state index contributed by atoms with van der Waals surface area (Å²) in [6.45, 7) is 1.02. The average molecular weight is 322 g/mol. The summed E-state index contributed by atoms with van der Waals surface area (Å²) >= 11 is 5.25. The molecule has 1 saturated carbocycles. The van der Waals surface area contributed by atoms with Gasteiger partial charge in [-0.2, -0.15) is 11.3 Å². The van der Waals surface area contributed by atoms with Crippen molar-refractivity contribution in [2.24, 2.45) is 0 Å². The van der Waals surface area contributed by atoms with E-state index in [-0.39, 0.29) is 0 Å². The molecule has 1 heterocycles. The molecule has 1 N–H and O–H groups in total. The summed E-state index contributed by atoms with van der Waals surface area (Å²) in [6, 6.07) is 11.7. The van der Waals surface area contributed by atoms with E-state index in [2.05, 4.69) is 62.3 Å². The number of halogens is 1. The molecule has 0 spiro atoms. The Kier molecular flexibility index (Phi) is 3.83. The lowest BCUT2D eigenvalue weighted by Crippen LogP contribution is -2.39. The summed E-state index contributed by atoms with van der Waals surface area (Å²) in [5, 5.41) is 7.99. The maximum Gasteiger partial charge on any atom is 0.0216 e. The molecular weight excluding hydrogens is 306 g/mol. The second kappa shape index (κ2) is 5.55. The van der Waals surface area contributed by atoms with Crippen LogP contribution in [-0.2, 0) is 6.54 Å². The summed E-state index contributed by atoms with van der Waals surface area (Å²) in [5.41, 5.74) is 2.89. The molecule has 0 amide bonds. The van der Waals surface area contributed by atoms with Crippen LogP contribution in [0, 0.1) is 0 Å². The lowest BCUT2D eigenvalue weighted by atomic mass is 9.76. The smallest absolute Gasteiger partial charge is 0.0216 e. The Morgan fingerprint density at radius 2 is 1.94 bits per heavy atom. The van der Waals surface area contributed by atoms with Gasteiger partial charge >= 0.3 is 0 Å². The summed E-state index contributed by atoms with van der Waals surface area (Å²) in [6.07, 6.45) is 2.54. The van der Waals surface area contributed by atoms with Crippen molar-refractivity contribution in [3.05, 3.63) is 56.7 Å². The van der Waals surface area contributed by atoms with E-state index in [4.69, 9.17) is 0 Å². The molecule has 0 aliphatic heterocycles. The van der Waals surface area contributed by atoms with E-state index in [9.17, 15) is 0 Å². The first-order valence-electron chi connectivity index (χ1n) is 6.31. The minimum atomic E-state index is 0.693. The fraction of sp³-hybridized carbons (Fsp3) is 0.333. The van der Waals surface area contributed by atoms with E-state index in [1.54, 1.807) is 11.3 Å². The molecule has 0 atom stereocenters. The van der Waals surface area contributed by atoms with Crippen LogP contribution in [0.15, 0.2) is 45.6 Å². The SMILES string of the molecule is Brc1ccc(C2CC(NCc3ccsc3)C2)cc1. The molecule has 3 heteroatoms. The molecule has 94 valence electrons. The normalized spacial score (nSPS) is 22.7. The van der Waals surface area contributed by atoms with Gasteiger partial charge in [0.05, 0.1) is 0 Å². The summed E-state index contributed by atoms with van der Waals surface area (Å²) in [4.78, 5) is 0. The van der Waals surface area contributed by atoms with Crippen LogP contribution in [0.1, 0.15) is 29.9 Å². The molecule has 1 fully saturated rings. The molecule has 0 bridgehead atoms. The van der Waals surface area contributed by atoms with Gasteiger partial charge in [-0.05, 0) is 58.8 Å². The number of thiophene rings is 1. The maximum atomic E-state index is 3.63. The zero-order valence-electron chi connectivity index (χ0n) is 10.1. The fourth-order valence-corrected chi connectivity index (χ4v) is 3.38. The molecule has 18 heavy (non-hydrogen) atoms. The number of nitrogens with one attached hydrogen (secondary N) is 1. The van der Waals surface area contributed by atoms with Crippen molar-refractivity contribution in [3.8, 4) is 0 Å². The van der Waals surface area contributed by atoms with Crippen LogP contribution in [0.5, 0.6) is 0 Å². The predicted molar refractivity (Wildman–Crippen MR) is 81.1 cm³/mol. The topological polar surface area (TPSA) is 12.0 Å². The van der Waals surface area contributed by atoms with Crippen molar-refractivity contribution in [2.45, 2.75) is 31.3 Å². The molecule has 0 unspecified atom stereocenters. The predicted octanol–water partition coefficient (Wildman–Crippen LogP) is 4.55. The molecule has 3 rings (SSSR count). The summed E-state index contributed by atoms with van der Waals surface area (Å²) < 4.78 is 1.16. The van der Waals surface area contributed by atoms with Crippen molar-refractivity contribution in [3.63, 3.8) is 0 Å². The van der Waals surface area contributed by atoms with Gasteiger partial charge in [0, 0.05) is 17.1 Å². The van der Waals surface area contributed by atoms with Gasteiger partial charge in [0.1, 0.15) is 0 Å². The molecule has 1 aromatic carbocycles. The van der Waals surface area contributed by atoms with E-state index < -0.39 is 0 Å². The second-order valence-corrected chi connectivity index (χ2v) is 6.63. The van der Waals surface area contributed by atoms with Crippen molar-refractivity contribution in [2.75, 3.05) is 0 Å². The quantitative estimate of drug-likeness (QED) is 0.871. The Morgan fingerprint density at radius 1 is 1.17 bits per heavy atom. The minimum Gasteiger partial charge on any atom is -0.310 e. The fourth-order valence-electron chi connectivity index (χ4n) is 2.45. The van der Waals surface area contributed by atoms with Crippen LogP contribution in [-0.4, -0.2) is 6.04 Å². The molecule has 2 aromatic rings. The largest absolute Gasteiger partial charge is 0.310 e. The van der Waals surface area contributed by atoms with E-state index in [0.717, 1.165) is 16.9 Å². The van der Waals surface area contributed by atoms with Crippen LogP contribution in [0.2, 0.25) is 0 Å². The van der Waals surface area contributed by atoms with Crippen LogP contribution in [0.3, 0.4) is 0 Å². The third-order valence-corrected chi connectivity index (χ3v) is 4.92. The molecule has 1 aromatic heterocycles. The standard InChI is InChI=1S/C15H16BrNS/c16-14-3-1-12(2-4-14)13-7-15(8-13)17-9-11-5-6-18-10-11/h1-6,10,13,15,17H,7-9H2. The van der Waals surface area contributed by atoms with E-state index >= 15 is 0 Å². The molecular formula is C15H16BrNS. The first-order chi connectivity index (χ1) is 8.81. The van der Waals surface area contributed by atoms with E-state index in [1.807, 2.05) is 0 Å². The van der Waals surface area contributed by atoms with E-state index in [1.165, 1.54) is 24.0 Å². The van der Waals surface area contributed by atoms with Crippen molar-refractivity contribution in [1.82, 2.24) is 5.32 Å². The summed E-state index contributed by atoms with van der Waals surface area (Å²) in [5.74, 6) is 0.748. The van der Waals surface area contributed by atoms with Crippen LogP contribution < -0.4 is 5.32 Å². The lowest BCUT2D eigenvalue weighted by Gasteiger charge is -2.36. The third kappa shape index (κ3) is 2.85. The number of rotatable bonds is 4. The van der Waals surface area contributed by atoms with Gasteiger partial charge in [-0.3, -0.25) is 0 Å². The zero-order valence-corrected chi connectivity index (χ0v) is 12.5. The Bertz CT molecular complexity index is 486. The Morgan fingerprint density at radius 3 is 2.61 bits per heavy atom. The molecule has 1 aliphatic carbocycles. The number of hydrogen-bond acceptors (Lipinski definition) is 2. The van der Waals surface area contributed by atoms with Crippen LogP contribution in [0.4, 0.5) is 0 Å². The highest BCUT2D eigenvalue weighted by Gasteiger charge is 2.29. The first kappa shape index (κ1) is 12.4. The van der Waals surface area contributed by atoms with E-state index in [0.29, 0.717) is 6.04 Å². The molecule has 1 aliphatic rings. The Labute approximate surface area is 120 Å². The average Bonchev–Trinajstić information content (AvgIpc) is 2.82. The monoisotopic (exact) mass is 321 g/mol. The van der Waals surface area contributed by atoms with Gasteiger partial charge in [0.2, 0.25) is 0 Å².